The predicted molar refractivity (Wildman–Crippen MR) is 131 cm³/mol. The van der Waals surface area contributed by atoms with Crippen molar-refractivity contribution >= 4 is 11.6 Å². The second kappa shape index (κ2) is 11.2. The van der Waals surface area contributed by atoms with E-state index in [1.807, 2.05) is 13.1 Å². The summed E-state index contributed by atoms with van der Waals surface area (Å²) in [5.41, 5.74) is 5.30. The summed E-state index contributed by atoms with van der Waals surface area (Å²) in [6.07, 6.45) is 7.41. The van der Waals surface area contributed by atoms with E-state index < -0.39 is 0 Å². The van der Waals surface area contributed by atoms with Crippen molar-refractivity contribution in [2.45, 2.75) is 52.6 Å². The topological polar surface area (TPSA) is 27.3 Å². The van der Waals surface area contributed by atoms with E-state index in [2.05, 4.69) is 55.3 Å². The van der Waals surface area contributed by atoms with E-state index in [4.69, 9.17) is 11.6 Å². The zero-order valence-corrected chi connectivity index (χ0v) is 20.0. The van der Waals surface area contributed by atoms with Crippen LogP contribution in [0.15, 0.2) is 72.3 Å². The first-order chi connectivity index (χ1) is 14.7. The molecule has 1 aliphatic rings. The van der Waals surface area contributed by atoms with Crippen LogP contribution in [0.3, 0.4) is 0 Å². The standard InChI is InChI=1S/C26H35ClFN3/c1-8-9-10-22-14-29-15-23(20(5)18(3)13-19(4)31(22)7)21(6)30-16-24-25(27)12-11-17(2)26(24)28/h11-13,15,22,29-30H,4-6,8-10,14,16H2,1-3,7H3/b18-13+,23-15+. The highest BCUT2D eigenvalue weighted by Crippen LogP contribution is 2.26. The maximum absolute atomic E-state index is 14.5. The zero-order chi connectivity index (χ0) is 23.1. The van der Waals surface area contributed by atoms with Crippen molar-refractivity contribution in [1.82, 2.24) is 15.5 Å². The zero-order valence-electron chi connectivity index (χ0n) is 19.2. The number of aryl methyl sites for hydroxylation is 1. The van der Waals surface area contributed by atoms with Gasteiger partial charge in [-0.3, -0.25) is 0 Å². The van der Waals surface area contributed by atoms with Crippen LogP contribution in [0.4, 0.5) is 4.39 Å². The minimum atomic E-state index is -0.293. The van der Waals surface area contributed by atoms with Crippen molar-refractivity contribution in [3.05, 3.63) is 94.2 Å². The van der Waals surface area contributed by atoms with Crippen LogP contribution in [0.2, 0.25) is 5.02 Å². The fourth-order valence-electron chi connectivity index (χ4n) is 3.58. The van der Waals surface area contributed by atoms with Gasteiger partial charge < -0.3 is 15.5 Å². The number of nitrogens with zero attached hydrogens (tertiary/aromatic N) is 1. The molecule has 0 aliphatic carbocycles. The highest BCUT2D eigenvalue weighted by Gasteiger charge is 2.18. The molecule has 1 aromatic rings. The first-order valence-corrected chi connectivity index (χ1v) is 11.1. The molecular formula is C26H35ClFN3. The normalized spacial score (nSPS) is 21.0. The Bertz CT molecular complexity index is 913. The maximum atomic E-state index is 14.5. The molecule has 1 atom stereocenters. The van der Waals surface area contributed by atoms with E-state index in [1.54, 1.807) is 19.1 Å². The molecule has 2 N–H and O–H groups in total. The molecule has 1 unspecified atom stereocenters. The van der Waals surface area contributed by atoms with Gasteiger partial charge in [0.2, 0.25) is 0 Å². The van der Waals surface area contributed by atoms with Crippen LogP contribution >= 0.6 is 11.6 Å². The first-order valence-electron chi connectivity index (χ1n) is 10.8. The monoisotopic (exact) mass is 443 g/mol. The number of hydrogen-bond acceptors (Lipinski definition) is 3. The SMILES string of the molecule is C=C(NCc1c(Cl)ccc(C)c1F)/C1=C/NCC(CCCC)N(C)C(=C)/C=C(\C)C1=C. The highest BCUT2D eigenvalue weighted by atomic mass is 35.5. The van der Waals surface area contributed by atoms with Crippen molar-refractivity contribution in [1.29, 1.82) is 0 Å². The molecule has 0 spiro atoms. The molecule has 168 valence electrons. The van der Waals surface area contributed by atoms with Gasteiger partial charge in [0.25, 0.3) is 0 Å². The molecule has 5 heteroatoms. The number of likely N-dealkylation sites (N-methyl/N-ethyl adjacent to an activating group) is 1. The van der Waals surface area contributed by atoms with Crippen LogP contribution < -0.4 is 10.6 Å². The lowest BCUT2D eigenvalue weighted by Crippen LogP contribution is -2.38. The lowest BCUT2D eigenvalue weighted by Gasteiger charge is -2.32. The molecule has 1 aromatic carbocycles. The maximum Gasteiger partial charge on any atom is 0.132 e. The van der Waals surface area contributed by atoms with Gasteiger partial charge in [0.1, 0.15) is 5.82 Å². The molecule has 31 heavy (non-hydrogen) atoms. The van der Waals surface area contributed by atoms with Crippen molar-refractivity contribution < 1.29 is 4.39 Å². The average Bonchev–Trinajstić information content (AvgIpc) is 2.74. The number of benzene rings is 1. The summed E-state index contributed by atoms with van der Waals surface area (Å²) in [6, 6.07) is 3.73. The quantitative estimate of drug-likeness (QED) is 0.511. The Balaban J connectivity index is 2.24. The molecule has 0 fully saturated rings. The van der Waals surface area contributed by atoms with E-state index in [0.29, 0.717) is 27.9 Å². The lowest BCUT2D eigenvalue weighted by molar-refractivity contribution is 0.287. The van der Waals surface area contributed by atoms with Crippen LogP contribution in [0.1, 0.15) is 44.2 Å². The van der Waals surface area contributed by atoms with E-state index in [1.165, 1.54) is 0 Å². The summed E-state index contributed by atoms with van der Waals surface area (Å²) >= 11 is 6.22. The van der Waals surface area contributed by atoms with Gasteiger partial charge in [0.15, 0.2) is 0 Å². The molecule has 3 nitrogen and oxygen atoms in total. The van der Waals surface area contributed by atoms with Gasteiger partial charge in [0, 0.05) is 59.9 Å². The largest absolute Gasteiger partial charge is 0.388 e. The number of halogens is 2. The molecule has 1 heterocycles. The van der Waals surface area contributed by atoms with Gasteiger partial charge in [-0.25, -0.2) is 4.39 Å². The van der Waals surface area contributed by atoms with Crippen molar-refractivity contribution in [2.24, 2.45) is 0 Å². The molecule has 0 saturated heterocycles. The molecule has 0 bridgehead atoms. The Kier molecular flexibility index (Phi) is 9.00. The van der Waals surface area contributed by atoms with Gasteiger partial charge in [0.05, 0.1) is 0 Å². The van der Waals surface area contributed by atoms with E-state index >= 15 is 0 Å². The Morgan fingerprint density at radius 1 is 1.32 bits per heavy atom. The van der Waals surface area contributed by atoms with Crippen LogP contribution in [0.25, 0.3) is 0 Å². The van der Waals surface area contributed by atoms with Crippen molar-refractivity contribution in [2.75, 3.05) is 13.6 Å². The van der Waals surface area contributed by atoms with Crippen LogP contribution in [-0.4, -0.2) is 24.5 Å². The summed E-state index contributed by atoms with van der Waals surface area (Å²) in [6.45, 7) is 19.7. The molecule has 0 radical (unpaired) electrons. The molecule has 1 aliphatic heterocycles. The third-order valence-electron chi connectivity index (χ3n) is 5.86. The lowest BCUT2D eigenvalue weighted by atomic mass is 9.97. The third kappa shape index (κ3) is 6.27. The van der Waals surface area contributed by atoms with Gasteiger partial charge >= 0.3 is 0 Å². The molecule has 2 rings (SSSR count). The Morgan fingerprint density at radius 2 is 2.03 bits per heavy atom. The summed E-state index contributed by atoms with van der Waals surface area (Å²) in [5.74, 6) is -0.293. The number of allylic oxidation sites excluding steroid dienone is 3. The number of rotatable bonds is 7. The summed E-state index contributed by atoms with van der Waals surface area (Å²) < 4.78 is 14.5. The second-order valence-corrected chi connectivity index (χ2v) is 8.57. The predicted octanol–water partition coefficient (Wildman–Crippen LogP) is 6.38. The molecule has 0 amide bonds. The number of nitrogens with one attached hydrogen (secondary N) is 2. The van der Waals surface area contributed by atoms with E-state index in [0.717, 1.165) is 48.2 Å². The Morgan fingerprint density at radius 3 is 2.71 bits per heavy atom. The summed E-state index contributed by atoms with van der Waals surface area (Å²) in [4.78, 5) is 2.23. The fourth-order valence-corrected chi connectivity index (χ4v) is 3.79. The molecule has 0 saturated carbocycles. The van der Waals surface area contributed by atoms with Crippen molar-refractivity contribution in [3.8, 4) is 0 Å². The summed E-state index contributed by atoms with van der Waals surface area (Å²) in [5, 5.41) is 7.07. The highest BCUT2D eigenvalue weighted by molar-refractivity contribution is 6.31. The van der Waals surface area contributed by atoms with Gasteiger partial charge in [-0.2, -0.15) is 0 Å². The first kappa shape index (κ1) is 24.8. The van der Waals surface area contributed by atoms with Gasteiger partial charge in [-0.05, 0) is 49.1 Å². The minimum absolute atomic E-state index is 0.243. The van der Waals surface area contributed by atoms with Crippen molar-refractivity contribution in [3.63, 3.8) is 0 Å². The number of hydrogen-bond donors (Lipinski definition) is 2. The fraction of sp³-hybridized carbons (Fsp3) is 0.385. The van der Waals surface area contributed by atoms with Crippen LogP contribution in [0, 0.1) is 12.7 Å². The number of unbranched alkanes of at least 4 members (excludes halogenated alkanes) is 1. The Labute approximate surface area is 192 Å². The smallest absolute Gasteiger partial charge is 0.132 e. The third-order valence-corrected chi connectivity index (χ3v) is 6.21. The molecular weight excluding hydrogens is 409 g/mol. The van der Waals surface area contributed by atoms with E-state index in [9.17, 15) is 4.39 Å². The van der Waals surface area contributed by atoms with Crippen LogP contribution in [-0.2, 0) is 6.54 Å². The average molecular weight is 444 g/mol. The second-order valence-electron chi connectivity index (χ2n) is 8.16. The minimum Gasteiger partial charge on any atom is -0.388 e. The van der Waals surface area contributed by atoms with Gasteiger partial charge in [-0.1, -0.05) is 57.2 Å². The van der Waals surface area contributed by atoms with Gasteiger partial charge in [-0.15, -0.1) is 0 Å². The summed E-state index contributed by atoms with van der Waals surface area (Å²) in [7, 11) is 2.09. The molecule has 0 aromatic heterocycles. The van der Waals surface area contributed by atoms with E-state index in [-0.39, 0.29) is 12.4 Å². The Hall–Kier alpha value is -2.46. The van der Waals surface area contributed by atoms with Crippen LogP contribution in [0.5, 0.6) is 0 Å².